The SMILES string of the molecule is CC(C)(C)c1ccc(OC(Cc2cccc([N+](=O)[O-])c2)C(=O)O)cc1. The molecule has 0 aliphatic carbocycles. The van der Waals surface area contributed by atoms with Crippen LogP contribution in [-0.2, 0) is 16.6 Å². The average molecular weight is 343 g/mol. The molecule has 1 N–H and O–H groups in total. The molecular formula is C19H21NO5. The van der Waals surface area contributed by atoms with Crippen molar-refractivity contribution in [1.29, 1.82) is 0 Å². The molecule has 0 aliphatic rings. The summed E-state index contributed by atoms with van der Waals surface area (Å²) in [4.78, 5) is 21.8. The van der Waals surface area contributed by atoms with E-state index < -0.39 is 17.0 Å². The minimum Gasteiger partial charge on any atom is -0.478 e. The van der Waals surface area contributed by atoms with Gasteiger partial charge in [0.15, 0.2) is 6.10 Å². The zero-order valence-electron chi connectivity index (χ0n) is 14.4. The van der Waals surface area contributed by atoms with E-state index in [0.29, 0.717) is 11.3 Å². The first-order chi connectivity index (χ1) is 11.7. The summed E-state index contributed by atoms with van der Waals surface area (Å²) >= 11 is 0. The third-order valence-electron chi connectivity index (χ3n) is 3.82. The van der Waals surface area contributed by atoms with Crippen molar-refractivity contribution in [2.45, 2.75) is 38.7 Å². The molecule has 0 spiro atoms. The highest BCUT2D eigenvalue weighted by atomic mass is 16.6. The van der Waals surface area contributed by atoms with Gasteiger partial charge in [0.1, 0.15) is 5.75 Å². The lowest BCUT2D eigenvalue weighted by Gasteiger charge is -2.20. The van der Waals surface area contributed by atoms with E-state index in [1.165, 1.54) is 18.2 Å². The molecule has 1 atom stereocenters. The summed E-state index contributed by atoms with van der Waals surface area (Å²) in [5.74, 6) is -0.669. The van der Waals surface area contributed by atoms with E-state index in [0.717, 1.165) is 5.56 Å². The van der Waals surface area contributed by atoms with E-state index >= 15 is 0 Å². The van der Waals surface area contributed by atoms with E-state index in [-0.39, 0.29) is 17.5 Å². The van der Waals surface area contributed by atoms with Crippen molar-refractivity contribution < 1.29 is 19.6 Å². The van der Waals surface area contributed by atoms with E-state index in [2.05, 4.69) is 20.8 Å². The van der Waals surface area contributed by atoms with Crippen molar-refractivity contribution in [3.63, 3.8) is 0 Å². The Morgan fingerprint density at radius 3 is 2.36 bits per heavy atom. The Labute approximate surface area is 146 Å². The normalized spacial score (nSPS) is 12.4. The molecule has 0 amide bonds. The van der Waals surface area contributed by atoms with Crippen LogP contribution in [0.4, 0.5) is 5.69 Å². The molecule has 2 aromatic rings. The molecule has 2 aromatic carbocycles. The number of nitro benzene ring substituents is 1. The van der Waals surface area contributed by atoms with Gasteiger partial charge in [0, 0.05) is 18.6 Å². The standard InChI is InChI=1S/C19H21NO5/c1-19(2,3)14-7-9-16(10-8-14)25-17(18(21)22)12-13-5-4-6-15(11-13)20(23)24/h4-11,17H,12H2,1-3H3,(H,21,22). The fourth-order valence-corrected chi connectivity index (χ4v) is 2.39. The summed E-state index contributed by atoms with van der Waals surface area (Å²) in [6, 6.07) is 13.2. The summed E-state index contributed by atoms with van der Waals surface area (Å²) in [5.41, 5.74) is 1.57. The maximum Gasteiger partial charge on any atom is 0.345 e. The number of non-ortho nitro benzene ring substituents is 1. The molecule has 0 aromatic heterocycles. The van der Waals surface area contributed by atoms with E-state index in [4.69, 9.17) is 4.74 Å². The first kappa shape index (κ1) is 18.4. The fourth-order valence-electron chi connectivity index (χ4n) is 2.39. The predicted octanol–water partition coefficient (Wildman–Crippen LogP) is 3.97. The van der Waals surface area contributed by atoms with Crippen molar-refractivity contribution in [2.75, 3.05) is 0 Å². The van der Waals surface area contributed by atoms with Gasteiger partial charge < -0.3 is 9.84 Å². The van der Waals surface area contributed by atoms with Gasteiger partial charge in [0.2, 0.25) is 0 Å². The second-order valence-corrected chi connectivity index (χ2v) is 6.85. The quantitative estimate of drug-likeness (QED) is 0.633. The number of aliphatic carboxylic acids is 1. The van der Waals surface area contributed by atoms with Gasteiger partial charge in [-0.3, -0.25) is 10.1 Å². The molecule has 0 saturated carbocycles. The van der Waals surface area contributed by atoms with Gasteiger partial charge in [-0.25, -0.2) is 4.79 Å². The topological polar surface area (TPSA) is 89.7 Å². The van der Waals surface area contributed by atoms with Crippen LogP contribution in [-0.4, -0.2) is 22.1 Å². The minimum atomic E-state index is -1.12. The Bertz CT molecular complexity index is 762. The summed E-state index contributed by atoms with van der Waals surface area (Å²) < 4.78 is 5.58. The predicted molar refractivity (Wildman–Crippen MR) is 94.0 cm³/mol. The van der Waals surface area contributed by atoms with Crippen LogP contribution in [0.15, 0.2) is 48.5 Å². The van der Waals surface area contributed by atoms with Crippen molar-refractivity contribution in [3.05, 3.63) is 69.8 Å². The molecule has 1 unspecified atom stereocenters. The maximum atomic E-state index is 11.5. The molecular weight excluding hydrogens is 322 g/mol. The molecule has 0 radical (unpaired) electrons. The number of benzene rings is 2. The second kappa shape index (κ2) is 7.34. The number of hydrogen-bond acceptors (Lipinski definition) is 4. The van der Waals surface area contributed by atoms with Crippen molar-refractivity contribution >= 4 is 11.7 Å². The van der Waals surface area contributed by atoms with E-state index in [9.17, 15) is 20.0 Å². The van der Waals surface area contributed by atoms with Crippen LogP contribution in [0, 0.1) is 10.1 Å². The van der Waals surface area contributed by atoms with Crippen molar-refractivity contribution in [3.8, 4) is 5.75 Å². The van der Waals surface area contributed by atoms with Gasteiger partial charge in [-0.15, -0.1) is 0 Å². The van der Waals surface area contributed by atoms with Crippen LogP contribution < -0.4 is 4.74 Å². The molecule has 0 heterocycles. The lowest BCUT2D eigenvalue weighted by atomic mass is 9.87. The van der Waals surface area contributed by atoms with Crippen molar-refractivity contribution in [2.24, 2.45) is 0 Å². The van der Waals surface area contributed by atoms with Crippen LogP contribution in [0.3, 0.4) is 0 Å². The number of hydrogen-bond donors (Lipinski definition) is 1. The van der Waals surface area contributed by atoms with Gasteiger partial charge >= 0.3 is 5.97 Å². The van der Waals surface area contributed by atoms with Gasteiger partial charge in [0.05, 0.1) is 4.92 Å². The largest absolute Gasteiger partial charge is 0.478 e. The number of rotatable bonds is 6. The third kappa shape index (κ3) is 5.04. The van der Waals surface area contributed by atoms with E-state index in [1.54, 1.807) is 18.2 Å². The lowest BCUT2D eigenvalue weighted by molar-refractivity contribution is -0.384. The monoisotopic (exact) mass is 343 g/mol. The number of nitro groups is 1. The van der Waals surface area contributed by atoms with Crippen LogP contribution >= 0.6 is 0 Å². The van der Waals surface area contributed by atoms with Gasteiger partial charge in [-0.05, 0) is 28.7 Å². The number of nitrogens with zero attached hydrogens (tertiary/aromatic N) is 1. The molecule has 0 bridgehead atoms. The fraction of sp³-hybridized carbons (Fsp3) is 0.316. The molecule has 25 heavy (non-hydrogen) atoms. The zero-order chi connectivity index (χ0) is 18.6. The smallest absolute Gasteiger partial charge is 0.345 e. The number of ether oxygens (including phenoxy) is 1. The Morgan fingerprint density at radius 2 is 1.84 bits per heavy atom. The first-order valence-corrected chi connectivity index (χ1v) is 7.90. The maximum absolute atomic E-state index is 11.5. The molecule has 6 nitrogen and oxygen atoms in total. The summed E-state index contributed by atoms with van der Waals surface area (Å²) in [5, 5.41) is 20.2. The Balaban J connectivity index is 2.15. The summed E-state index contributed by atoms with van der Waals surface area (Å²) in [6.45, 7) is 6.27. The molecule has 132 valence electrons. The van der Waals surface area contributed by atoms with Crippen LogP contribution in [0.2, 0.25) is 0 Å². The van der Waals surface area contributed by atoms with Gasteiger partial charge in [-0.2, -0.15) is 0 Å². The number of carboxylic acids is 1. The number of carbonyl (C=O) groups is 1. The molecule has 0 fully saturated rings. The minimum absolute atomic E-state index is 0.00625. The summed E-state index contributed by atoms with van der Waals surface area (Å²) in [7, 11) is 0. The highest BCUT2D eigenvalue weighted by Crippen LogP contribution is 2.25. The lowest BCUT2D eigenvalue weighted by Crippen LogP contribution is -2.29. The molecule has 0 saturated heterocycles. The zero-order valence-corrected chi connectivity index (χ0v) is 14.4. The Hall–Kier alpha value is -2.89. The molecule has 2 rings (SSSR count). The average Bonchev–Trinajstić information content (AvgIpc) is 2.54. The van der Waals surface area contributed by atoms with Gasteiger partial charge in [-0.1, -0.05) is 45.0 Å². The van der Waals surface area contributed by atoms with Crippen LogP contribution in [0.25, 0.3) is 0 Å². The second-order valence-electron chi connectivity index (χ2n) is 6.85. The van der Waals surface area contributed by atoms with E-state index in [1.807, 2.05) is 12.1 Å². The van der Waals surface area contributed by atoms with Gasteiger partial charge in [0.25, 0.3) is 5.69 Å². The highest BCUT2D eigenvalue weighted by Gasteiger charge is 2.21. The first-order valence-electron chi connectivity index (χ1n) is 7.90. The Morgan fingerprint density at radius 1 is 1.20 bits per heavy atom. The van der Waals surface area contributed by atoms with Crippen LogP contribution in [0.5, 0.6) is 5.75 Å². The Kier molecular flexibility index (Phi) is 5.41. The molecule has 6 heteroatoms. The van der Waals surface area contributed by atoms with Crippen LogP contribution in [0.1, 0.15) is 31.9 Å². The summed E-state index contributed by atoms with van der Waals surface area (Å²) in [6.07, 6.45) is -1.08. The molecule has 0 aliphatic heterocycles. The highest BCUT2D eigenvalue weighted by molar-refractivity contribution is 5.73. The third-order valence-corrected chi connectivity index (χ3v) is 3.82. The van der Waals surface area contributed by atoms with Crippen molar-refractivity contribution in [1.82, 2.24) is 0 Å². The number of carboxylic acid groups (broad SMARTS) is 1.